The maximum atomic E-state index is 5.92. The van der Waals surface area contributed by atoms with Crippen molar-refractivity contribution in [1.29, 1.82) is 0 Å². The van der Waals surface area contributed by atoms with E-state index in [1.807, 2.05) is 0 Å². The molecular formula is C9H12BrNS. The Bertz CT molecular complexity index is 286. The summed E-state index contributed by atoms with van der Waals surface area (Å²) < 4.78 is 1.13. The molecule has 0 bridgehead atoms. The number of halogens is 1. The summed E-state index contributed by atoms with van der Waals surface area (Å²) >= 11 is 5.08. The van der Waals surface area contributed by atoms with E-state index in [2.05, 4.69) is 47.3 Å². The molecule has 66 valence electrons. The average Bonchev–Trinajstić information content (AvgIpc) is 2.34. The molecule has 1 aromatic heterocycles. The fraction of sp³-hybridized carbons (Fsp3) is 0.333. The highest BCUT2D eigenvalue weighted by atomic mass is 79.9. The molecule has 0 aliphatic carbocycles. The van der Waals surface area contributed by atoms with Crippen molar-refractivity contribution < 1.29 is 0 Å². The normalized spacial score (nSPS) is 12.7. The van der Waals surface area contributed by atoms with Gasteiger partial charge in [-0.25, -0.2) is 0 Å². The van der Waals surface area contributed by atoms with Gasteiger partial charge in [0.2, 0.25) is 0 Å². The highest BCUT2D eigenvalue weighted by Gasteiger charge is 2.03. The lowest BCUT2D eigenvalue weighted by Gasteiger charge is -2.03. The molecule has 1 rings (SSSR count). The molecule has 2 N–H and O–H groups in total. The highest BCUT2D eigenvalue weighted by molar-refractivity contribution is 9.11. The quantitative estimate of drug-likeness (QED) is 0.794. The first-order valence-electron chi connectivity index (χ1n) is 3.74. The zero-order valence-electron chi connectivity index (χ0n) is 7.17. The summed E-state index contributed by atoms with van der Waals surface area (Å²) in [7, 11) is 0. The molecule has 1 atom stereocenters. The second-order valence-corrected chi connectivity index (χ2v) is 5.24. The molecule has 0 amide bonds. The van der Waals surface area contributed by atoms with E-state index in [0.29, 0.717) is 0 Å². The average molecular weight is 246 g/mol. The largest absolute Gasteiger partial charge is 0.321 e. The molecule has 0 spiro atoms. The van der Waals surface area contributed by atoms with Gasteiger partial charge in [-0.1, -0.05) is 11.6 Å². The first kappa shape index (κ1) is 9.96. The summed E-state index contributed by atoms with van der Waals surface area (Å²) in [6.45, 7) is 4.11. The Hall–Kier alpha value is -0.120. The zero-order chi connectivity index (χ0) is 9.14. The molecule has 0 aliphatic heterocycles. The van der Waals surface area contributed by atoms with Gasteiger partial charge in [-0.05, 0) is 46.8 Å². The van der Waals surface area contributed by atoms with E-state index >= 15 is 0 Å². The van der Waals surface area contributed by atoms with Crippen LogP contribution in [0.15, 0.2) is 26.9 Å². The SMILES string of the molecule is CC(C)=CC(N)c1csc(Br)c1. The lowest BCUT2D eigenvalue weighted by molar-refractivity contribution is 0.905. The monoisotopic (exact) mass is 245 g/mol. The van der Waals surface area contributed by atoms with Crippen LogP contribution in [0.2, 0.25) is 0 Å². The lowest BCUT2D eigenvalue weighted by atomic mass is 10.1. The van der Waals surface area contributed by atoms with Gasteiger partial charge in [-0.15, -0.1) is 11.3 Å². The van der Waals surface area contributed by atoms with Crippen LogP contribution < -0.4 is 5.73 Å². The Morgan fingerprint density at radius 3 is 2.75 bits per heavy atom. The zero-order valence-corrected chi connectivity index (χ0v) is 9.58. The minimum absolute atomic E-state index is 0.0394. The number of rotatable bonds is 2. The summed E-state index contributed by atoms with van der Waals surface area (Å²) in [5, 5.41) is 2.08. The standard InChI is InChI=1S/C9H12BrNS/c1-6(2)3-8(11)7-4-9(10)12-5-7/h3-5,8H,11H2,1-2H3. The Kier molecular flexibility index (Phi) is 3.50. The summed E-state index contributed by atoms with van der Waals surface area (Å²) in [5.41, 5.74) is 8.35. The van der Waals surface area contributed by atoms with E-state index < -0.39 is 0 Å². The molecule has 0 saturated carbocycles. The number of hydrogen-bond acceptors (Lipinski definition) is 2. The molecule has 0 radical (unpaired) electrons. The Balaban J connectivity index is 2.78. The maximum absolute atomic E-state index is 5.92. The number of allylic oxidation sites excluding steroid dienone is 1. The van der Waals surface area contributed by atoms with Gasteiger partial charge in [0, 0.05) is 6.04 Å². The van der Waals surface area contributed by atoms with Crippen molar-refractivity contribution in [3.8, 4) is 0 Å². The van der Waals surface area contributed by atoms with Crippen LogP contribution in [0.4, 0.5) is 0 Å². The minimum atomic E-state index is 0.0394. The van der Waals surface area contributed by atoms with Crippen molar-refractivity contribution >= 4 is 27.3 Å². The van der Waals surface area contributed by atoms with E-state index in [0.717, 1.165) is 3.79 Å². The van der Waals surface area contributed by atoms with Gasteiger partial charge in [0.05, 0.1) is 3.79 Å². The van der Waals surface area contributed by atoms with E-state index in [9.17, 15) is 0 Å². The van der Waals surface area contributed by atoms with Gasteiger partial charge in [-0.3, -0.25) is 0 Å². The van der Waals surface area contributed by atoms with Crippen LogP contribution in [0.1, 0.15) is 25.5 Å². The molecule has 3 heteroatoms. The number of hydrogen-bond donors (Lipinski definition) is 1. The minimum Gasteiger partial charge on any atom is -0.321 e. The van der Waals surface area contributed by atoms with Crippen molar-refractivity contribution in [1.82, 2.24) is 0 Å². The molecule has 0 aromatic carbocycles. The molecule has 0 aliphatic rings. The Morgan fingerprint density at radius 1 is 1.67 bits per heavy atom. The van der Waals surface area contributed by atoms with Crippen LogP contribution in [0.3, 0.4) is 0 Å². The van der Waals surface area contributed by atoms with Crippen LogP contribution in [0, 0.1) is 0 Å². The second kappa shape index (κ2) is 4.21. The number of thiophene rings is 1. The van der Waals surface area contributed by atoms with Crippen molar-refractivity contribution in [2.24, 2.45) is 5.73 Å². The molecule has 1 nitrogen and oxygen atoms in total. The third-order valence-corrected chi connectivity index (χ3v) is 3.01. The molecular weight excluding hydrogens is 234 g/mol. The molecule has 1 unspecified atom stereocenters. The van der Waals surface area contributed by atoms with Gasteiger partial charge in [0.15, 0.2) is 0 Å². The predicted molar refractivity (Wildman–Crippen MR) is 58.4 cm³/mol. The topological polar surface area (TPSA) is 26.0 Å². The summed E-state index contributed by atoms with van der Waals surface area (Å²) in [5.74, 6) is 0. The van der Waals surface area contributed by atoms with Gasteiger partial charge < -0.3 is 5.73 Å². The van der Waals surface area contributed by atoms with Crippen molar-refractivity contribution in [2.45, 2.75) is 19.9 Å². The first-order valence-corrected chi connectivity index (χ1v) is 5.41. The molecule has 0 saturated heterocycles. The van der Waals surface area contributed by atoms with Gasteiger partial charge in [-0.2, -0.15) is 0 Å². The third kappa shape index (κ3) is 2.73. The van der Waals surface area contributed by atoms with Crippen LogP contribution in [0.25, 0.3) is 0 Å². The van der Waals surface area contributed by atoms with Crippen LogP contribution in [-0.4, -0.2) is 0 Å². The molecule has 1 heterocycles. The number of nitrogens with two attached hydrogens (primary N) is 1. The predicted octanol–water partition coefficient (Wildman–Crippen LogP) is 3.48. The fourth-order valence-electron chi connectivity index (χ4n) is 0.954. The lowest BCUT2D eigenvalue weighted by Crippen LogP contribution is -2.05. The van der Waals surface area contributed by atoms with E-state index in [4.69, 9.17) is 5.73 Å². The van der Waals surface area contributed by atoms with E-state index in [1.165, 1.54) is 11.1 Å². The van der Waals surface area contributed by atoms with E-state index in [-0.39, 0.29) is 6.04 Å². The highest BCUT2D eigenvalue weighted by Crippen LogP contribution is 2.25. The summed E-state index contributed by atoms with van der Waals surface area (Å²) in [6, 6.07) is 2.10. The first-order chi connectivity index (χ1) is 5.59. The summed E-state index contributed by atoms with van der Waals surface area (Å²) in [6.07, 6.45) is 2.06. The second-order valence-electron chi connectivity index (χ2n) is 2.95. The van der Waals surface area contributed by atoms with E-state index in [1.54, 1.807) is 11.3 Å². The summed E-state index contributed by atoms with van der Waals surface area (Å²) in [4.78, 5) is 0. The van der Waals surface area contributed by atoms with Crippen LogP contribution in [-0.2, 0) is 0 Å². The van der Waals surface area contributed by atoms with Crippen molar-refractivity contribution in [3.05, 3.63) is 32.4 Å². The smallest absolute Gasteiger partial charge is 0.0701 e. The van der Waals surface area contributed by atoms with Crippen LogP contribution >= 0.6 is 27.3 Å². The van der Waals surface area contributed by atoms with Gasteiger partial charge in [0.1, 0.15) is 0 Å². The fourth-order valence-corrected chi connectivity index (χ4v) is 2.18. The van der Waals surface area contributed by atoms with Gasteiger partial charge >= 0.3 is 0 Å². The van der Waals surface area contributed by atoms with Crippen molar-refractivity contribution in [3.63, 3.8) is 0 Å². The molecule has 0 fully saturated rings. The molecule has 12 heavy (non-hydrogen) atoms. The third-order valence-electron chi connectivity index (χ3n) is 1.49. The Labute approximate surface area is 85.4 Å². The Morgan fingerprint density at radius 2 is 2.33 bits per heavy atom. The van der Waals surface area contributed by atoms with Gasteiger partial charge in [0.25, 0.3) is 0 Å². The van der Waals surface area contributed by atoms with Crippen molar-refractivity contribution in [2.75, 3.05) is 0 Å². The van der Waals surface area contributed by atoms with Crippen LogP contribution in [0.5, 0.6) is 0 Å². The molecule has 1 aromatic rings. The maximum Gasteiger partial charge on any atom is 0.0701 e.